The first kappa shape index (κ1) is 39.0. The number of carbonyl (C=O) groups excluding carboxylic acids is 4. The first-order chi connectivity index (χ1) is 25.8. The predicted molar refractivity (Wildman–Crippen MR) is 207 cm³/mol. The van der Waals surface area contributed by atoms with Gasteiger partial charge in [-0.1, -0.05) is 64.4 Å². The zero-order valence-corrected chi connectivity index (χ0v) is 33.1. The van der Waals surface area contributed by atoms with Crippen LogP contribution in [0.4, 0.5) is 0 Å². The van der Waals surface area contributed by atoms with Gasteiger partial charge in [0.05, 0.1) is 12.1 Å². The number of fused-ring (bicyclic) bond motifs is 6. The lowest BCUT2D eigenvalue weighted by molar-refractivity contribution is -0.125. The number of aromatic nitrogens is 2. The fourth-order valence-corrected chi connectivity index (χ4v) is 8.21. The number of hydrogen-bond donors (Lipinski definition) is 4. The molecular weight excluding hydrogens is 729 g/mol. The second-order valence-corrected chi connectivity index (χ2v) is 16.4. The second-order valence-electron chi connectivity index (χ2n) is 14.6. The first-order valence-electron chi connectivity index (χ1n) is 18.5. The molecule has 0 aliphatic carbocycles. The van der Waals surface area contributed by atoms with Gasteiger partial charge in [-0.2, -0.15) is 0 Å². The minimum absolute atomic E-state index is 0.0801. The smallest absolute Gasteiger partial charge is 0.271 e. The lowest BCUT2D eigenvalue weighted by Gasteiger charge is -2.24. The van der Waals surface area contributed by atoms with Crippen LogP contribution in [0.1, 0.15) is 110 Å². The average Bonchev–Trinajstić information content (AvgIpc) is 3.96. The average molecular weight is 777 g/mol. The van der Waals surface area contributed by atoms with Crippen molar-refractivity contribution in [3.8, 4) is 0 Å². The molecule has 9 atom stereocenters. The molecule has 1 unspecified atom stereocenters. The topological polar surface area (TPSA) is 185 Å². The number of nitrogens with zero attached hydrogens (tertiary/aromatic N) is 4. The Hall–Kier alpha value is -4.70. The van der Waals surface area contributed by atoms with Crippen LogP contribution >= 0.6 is 22.7 Å². The number of amides is 4. The fourth-order valence-electron chi connectivity index (χ4n) is 6.56. The molecule has 3 aliphatic rings. The Morgan fingerprint density at radius 3 is 1.94 bits per heavy atom. The third-order valence-electron chi connectivity index (χ3n) is 9.78. The normalized spacial score (nSPS) is 28.4. The molecule has 1 aromatic carbocycles. The Balaban J connectivity index is 1.37. The van der Waals surface area contributed by atoms with Crippen molar-refractivity contribution in [2.75, 3.05) is 0 Å². The van der Waals surface area contributed by atoms with Gasteiger partial charge < -0.3 is 30.7 Å². The van der Waals surface area contributed by atoms with Gasteiger partial charge in [0.15, 0.2) is 12.1 Å². The second kappa shape index (κ2) is 16.8. The number of carbonyl (C=O) groups is 4. The Bertz CT molecular complexity index is 1910. The van der Waals surface area contributed by atoms with Gasteiger partial charge in [-0.15, -0.1) is 22.7 Å². The molecule has 5 heterocycles. The lowest BCUT2D eigenvalue weighted by atomic mass is 9.98. The number of ether oxygens (including phenoxy) is 2. The van der Waals surface area contributed by atoms with E-state index in [0.29, 0.717) is 29.3 Å². The molecule has 6 rings (SSSR count). The zero-order chi connectivity index (χ0) is 38.7. The van der Waals surface area contributed by atoms with E-state index in [1.54, 1.807) is 31.5 Å². The van der Waals surface area contributed by atoms with Crippen molar-refractivity contribution in [1.82, 2.24) is 31.2 Å². The molecule has 14 nitrogen and oxygen atoms in total. The van der Waals surface area contributed by atoms with Gasteiger partial charge in [-0.25, -0.2) is 20.0 Å². The molecule has 0 saturated heterocycles. The highest BCUT2D eigenvalue weighted by molar-refractivity contribution is 7.10. The molecule has 0 radical (unpaired) electrons. The van der Waals surface area contributed by atoms with Crippen molar-refractivity contribution in [2.45, 2.75) is 116 Å². The van der Waals surface area contributed by atoms with Crippen LogP contribution in [-0.2, 0) is 25.5 Å². The Morgan fingerprint density at radius 1 is 0.722 bits per heavy atom. The molecule has 0 saturated carbocycles. The standard InChI is InChI=1S/C38H48N8O6S2/c1-8-19(4)28-36-46-30(22(7)52-36)34(50)41-25(15-23-12-10-9-11-13-23)38-43-26(17-54-38)31(47)40-24(14-18(2)3)35-45-29(21(6)51-35)33(49)39-20(5)37-42-27(16-53-37)32(48)44-28/h9-13,16-22,24-25,28-30H,8,14-15H2,1-7H3,(H,39,49)(H,40,47)(H,41,50)(H,44,48)/t19-,20+,21+,22+,24-,25+,28-,29-,30?/m0/s1. The third kappa shape index (κ3) is 8.81. The van der Waals surface area contributed by atoms with E-state index in [2.05, 4.69) is 31.2 Å². The molecule has 16 heteroatoms. The van der Waals surface area contributed by atoms with Crippen LogP contribution < -0.4 is 21.3 Å². The summed E-state index contributed by atoms with van der Waals surface area (Å²) in [4.78, 5) is 73.6. The number of hydrogen-bond acceptors (Lipinski definition) is 12. The van der Waals surface area contributed by atoms with Gasteiger partial charge in [0.1, 0.15) is 45.7 Å². The van der Waals surface area contributed by atoms with Gasteiger partial charge in [-0.3, -0.25) is 19.2 Å². The number of nitrogens with one attached hydrogen (secondary N) is 4. The summed E-state index contributed by atoms with van der Waals surface area (Å²) in [5.41, 5.74) is 1.35. The SMILES string of the molecule is CC[C@H](C)[C@@H]1NC(=O)c2csc(n2)[C@@H](C)NC(=O)[C@H]2N=C(O[C@@H]2C)[C@H](CC(C)C)NC(=O)c2csc(n2)[C@@H](Cc2ccccc2)NC(=O)C2N=C1O[C@@H]2C. The van der Waals surface area contributed by atoms with Gasteiger partial charge in [0, 0.05) is 10.8 Å². The molecule has 3 aromatic rings. The Morgan fingerprint density at radius 2 is 1.30 bits per heavy atom. The molecule has 4 amide bonds. The van der Waals surface area contributed by atoms with Crippen LogP contribution in [0, 0.1) is 11.8 Å². The minimum atomic E-state index is -0.888. The summed E-state index contributed by atoms with van der Waals surface area (Å²) in [6.45, 7) is 13.4. The number of thiazole rings is 2. The van der Waals surface area contributed by atoms with E-state index in [4.69, 9.17) is 19.5 Å². The highest BCUT2D eigenvalue weighted by Gasteiger charge is 2.41. The maximum absolute atomic E-state index is 14.0. The van der Waals surface area contributed by atoms with Crippen LogP contribution in [0.2, 0.25) is 0 Å². The quantitative estimate of drug-likeness (QED) is 0.281. The maximum atomic E-state index is 14.0. The largest absolute Gasteiger partial charge is 0.474 e. The molecule has 2 aromatic heterocycles. The van der Waals surface area contributed by atoms with Crippen molar-refractivity contribution in [3.05, 3.63) is 68.1 Å². The summed E-state index contributed by atoms with van der Waals surface area (Å²) in [6.07, 6.45) is 0.442. The van der Waals surface area contributed by atoms with Crippen LogP contribution in [0.15, 0.2) is 51.1 Å². The van der Waals surface area contributed by atoms with Crippen molar-refractivity contribution in [3.63, 3.8) is 0 Å². The highest BCUT2D eigenvalue weighted by atomic mass is 32.1. The van der Waals surface area contributed by atoms with Gasteiger partial charge in [0.25, 0.3) is 11.8 Å². The molecule has 0 spiro atoms. The summed E-state index contributed by atoms with van der Waals surface area (Å²) in [5, 5.41) is 16.6. The lowest BCUT2D eigenvalue weighted by Crippen LogP contribution is -2.45. The summed E-state index contributed by atoms with van der Waals surface area (Å²) in [5.74, 6) is -0.939. The maximum Gasteiger partial charge on any atom is 0.271 e. The van der Waals surface area contributed by atoms with E-state index in [-0.39, 0.29) is 46.8 Å². The van der Waals surface area contributed by atoms with Crippen molar-refractivity contribution < 1.29 is 28.7 Å². The zero-order valence-electron chi connectivity index (χ0n) is 31.5. The molecule has 0 fully saturated rings. The van der Waals surface area contributed by atoms with Crippen LogP contribution in [0.3, 0.4) is 0 Å². The van der Waals surface area contributed by atoms with E-state index >= 15 is 0 Å². The summed E-state index contributed by atoms with van der Waals surface area (Å²) < 4.78 is 12.3. The van der Waals surface area contributed by atoms with E-state index in [0.717, 1.165) is 5.56 Å². The fraction of sp³-hybridized carbons (Fsp3) is 0.526. The van der Waals surface area contributed by atoms with Gasteiger partial charge in [-0.05, 0) is 51.0 Å². The Labute approximate surface area is 323 Å². The number of aliphatic imine (C=N–C) groups is 2. The summed E-state index contributed by atoms with van der Waals surface area (Å²) in [7, 11) is 0. The van der Waals surface area contributed by atoms with Crippen LogP contribution in [-0.4, -0.2) is 81.8 Å². The van der Waals surface area contributed by atoms with Gasteiger partial charge >= 0.3 is 0 Å². The highest BCUT2D eigenvalue weighted by Crippen LogP contribution is 2.27. The van der Waals surface area contributed by atoms with E-state index in [9.17, 15) is 19.2 Å². The van der Waals surface area contributed by atoms with E-state index < -0.39 is 60.3 Å². The summed E-state index contributed by atoms with van der Waals surface area (Å²) in [6, 6.07) is 5.63. The van der Waals surface area contributed by atoms with Crippen LogP contribution in [0.25, 0.3) is 0 Å². The molecular formula is C38H48N8O6S2. The van der Waals surface area contributed by atoms with Crippen molar-refractivity contribution in [1.29, 1.82) is 0 Å². The first-order valence-corrected chi connectivity index (χ1v) is 20.2. The van der Waals surface area contributed by atoms with E-state index in [1.807, 2.05) is 58.0 Å². The molecule has 4 N–H and O–H groups in total. The van der Waals surface area contributed by atoms with Crippen LogP contribution in [0.5, 0.6) is 0 Å². The molecule has 3 aliphatic heterocycles. The van der Waals surface area contributed by atoms with Crippen molar-refractivity contribution >= 4 is 58.1 Å². The molecule has 288 valence electrons. The monoisotopic (exact) mass is 776 g/mol. The third-order valence-corrected chi connectivity index (χ3v) is 11.8. The molecule has 8 bridgehead atoms. The number of rotatable bonds is 6. The Kier molecular flexibility index (Phi) is 12.1. The van der Waals surface area contributed by atoms with Gasteiger partial charge in [0.2, 0.25) is 23.6 Å². The van der Waals surface area contributed by atoms with Crippen molar-refractivity contribution in [2.24, 2.45) is 21.8 Å². The predicted octanol–water partition coefficient (Wildman–Crippen LogP) is 4.55. The minimum Gasteiger partial charge on any atom is -0.474 e. The number of benzene rings is 1. The van der Waals surface area contributed by atoms with E-state index in [1.165, 1.54) is 22.7 Å². The summed E-state index contributed by atoms with van der Waals surface area (Å²) >= 11 is 2.53. The molecule has 54 heavy (non-hydrogen) atoms.